The molecule has 0 atom stereocenters. The van der Waals surface area contributed by atoms with Crippen LogP contribution in [0.25, 0.3) is 0 Å². The molecule has 5 rings (SSSR count). The van der Waals surface area contributed by atoms with Crippen LogP contribution in [0.4, 0.5) is 0 Å². The first kappa shape index (κ1) is 101. The predicted molar refractivity (Wildman–Crippen MR) is 433 cm³/mol. The number of ether oxygens (including phenoxy) is 5. The van der Waals surface area contributed by atoms with Crippen LogP contribution in [-0.4, -0.2) is 147 Å². The van der Waals surface area contributed by atoms with E-state index in [0.29, 0.717) is 119 Å². The molecular weight excluding hydrogens is 1450 g/mol. The Hall–Kier alpha value is -9.95. The van der Waals surface area contributed by atoms with Gasteiger partial charge in [0.1, 0.15) is 13.2 Å². The smallest absolute Gasteiger partial charge is 0.332 e. The molecule has 5 aromatic carbocycles. The average molecular weight is 1570 g/mol. The second kappa shape index (κ2) is 52.4. The van der Waals surface area contributed by atoms with Crippen molar-refractivity contribution >= 4 is 76.4 Å². The molecule has 622 valence electrons. The van der Waals surface area contributed by atoms with Gasteiger partial charge >= 0.3 is 17.9 Å². The van der Waals surface area contributed by atoms with Crippen LogP contribution in [0.1, 0.15) is 255 Å². The first-order valence-corrected chi connectivity index (χ1v) is 38.0. The summed E-state index contributed by atoms with van der Waals surface area (Å²) in [6.45, 7) is 32.0. The number of ketones is 5. The Kier molecular flexibility index (Phi) is 46.8. The molecule has 25 heteroatoms. The van der Waals surface area contributed by atoms with Gasteiger partial charge in [0.25, 0.3) is 0 Å². The second-order valence-electron chi connectivity index (χ2n) is 31.9. The summed E-state index contributed by atoms with van der Waals surface area (Å²) in [5, 5.41) is 31.5. The van der Waals surface area contributed by atoms with Crippen molar-refractivity contribution < 1.29 is 96.2 Å². The van der Waals surface area contributed by atoms with Crippen LogP contribution < -0.4 is 26.6 Å². The van der Waals surface area contributed by atoms with Crippen LogP contribution in [0.3, 0.4) is 0 Å². The quantitative estimate of drug-likeness (QED) is 0.00840. The number of carbonyl (C=O) groups is 13. The lowest BCUT2D eigenvalue weighted by Crippen LogP contribution is -2.34. The molecule has 0 unspecified atom stereocenters. The van der Waals surface area contributed by atoms with Crippen molar-refractivity contribution in [3.05, 3.63) is 177 Å². The minimum absolute atomic E-state index is 0.000554. The third-order valence-corrected chi connectivity index (χ3v) is 16.2. The van der Waals surface area contributed by atoms with E-state index in [2.05, 4.69) is 31.3 Å². The number of rotatable bonds is 37. The normalized spacial score (nSPS) is 11.1. The maximum Gasteiger partial charge on any atom is 0.332 e. The van der Waals surface area contributed by atoms with Gasteiger partial charge in [-0.2, -0.15) is 0 Å². The van der Waals surface area contributed by atoms with Crippen molar-refractivity contribution in [3.63, 3.8) is 0 Å². The first-order valence-electron chi connectivity index (χ1n) is 38.0. The molecule has 0 spiro atoms. The summed E-state index contributed by atoms with van der Waals surface area (Å²) in [7, 11) is 3.05. The number of carbonyl (C=O) groups excluding carboxylic acids is 13. The van der Waals surface area contributed by atoms with Gasteiger partial charge in [-0.15, -0.1) is 0 Å². The van der Waals surface area contributed by atoms with Crippen LogP contribution in [0.15, 0.2) is 121 Å². The number of benzene rings is 5. The zero-order chi connectivity index (χ0) is 85.5. The highest BCUT2D eigenvalue weighted by Crippen LogP contribution is 2.20. The molecule has 0 bridgehead atoms. The number of amides is 5. The van der Waals surface area contributed by atoms with E-state index < -0.39 is 45.6 Å². The molecular formula is C88H125N5O20. The van der Waals surface area contributed by atoms with E-state index in [-0.39, 0.29) is 104 Å². The Morgan fingerprint density at radius 3 is 0.699 bits per heavy atom. The van der Waals surface area contributed by atoms with Crippen LogP contribution >= 0.6 is 0 Å². The van der Waals surface area contributed by atoms with E-state index in [1.165, 1.54) is 14.0 Å². The first-order chi connectivity index (χ1) is 52.9. The summed E-state index contributed by atoms with van der Waals surface area (Å²) in [6, 6.07) is 36.0. The molecule has 0 saturated heterocycles. The lowest BCUT2D eigenvalue weighted by Gasteiger charge is -2.17. The van der Waals surface area contributed by atoms with Crippen molar-refractivity contribution in [1.29, 1.82) is 0 Å². The molecule has 113 heavy (non-hydrogen) atoms. The number of aliphatic hydroxyl groups excluding tert-OH is 2. The highest BCUT2D eigenvalue weighted by atomic mass is 16.6. The Labute approximate surface area is 668 Å². The Balaban J connectivity index is 0.000000708. The molecule has 0 aliphatic carbocycles. The van der Waals surface area contributed by atoms with Crippen LogP contribution in [0.2, 0.25) is 0 Å². The fraction of sp³-hybridized carbons (Fsp3) is 0.511. The average Bonchev–Trinajstić information content (AvgIpc) is 0.889. The zero-order valence-electron chi connectivity index (χ0n) is 69.8. The molecule has 0 heterocycles. The van der Waals surface area contributed by atoms with Crippen LogP contribution in [-0.2, 0) is 94.8 Å². The largest absolute Gasteiger partial charge is 0.466 e. The summed E-state index contributed by atoms with van der Waals surface area (Å²) < 4.78 is 24.0. The number of nitrogens with one attached hydrogen (secondary N) is 5. The number of aliphatic hydroxyl groups is 2. The number of esters is 3. The van der Waals surface area contributed by atoms with E-state index in [1.54, 1.807) is 55.6 Å². The topological polar surface area (TPSA) is 369 Å². The zero-order valence-corrected chi connectivity index (χ0v) is 69.8. The molecule has 0 aliphatic heterocycles. The van der Waals surface area contributed by atoms with Crippen molar-refractivity contribution in [2.45, 2.75) is 208 Å². The van der Waals surface area contributed by atoms with Gasteiger partial charge in [0, 0.05) is 154 Å². The number of Topliss-reactive ketones (excluding diaryl/α,β-unsaturated/α-hetero) is 5. The van der Waals surface area contributed by atoms with Gasteiger partial charge in [0.2, 0.25) is 29.5 Å². The van der Waals surface area contributed by atoms with E-state index in [9.17, 15) is 62.3 Å². The van der Waals surface area contributed by atoms with Crippen molar-refractivity contribution in [1.82, 2.24) is 26.6 Å². The standard InChI is InChI=1S/C19H27NO5.C18H25NO5.C18H25NO4.C17H25NO3.C16H23NO3/c1-19(2,3)18(23)20-12-14-7-9-15(10-8-14)16(21)6-5-11-25-17(22)13-24-4;1-18(2,3)17(23)19-11-13-6-8-14(9-7-13)15(21)5-4-10-24-16(22)12-20;1-13(20)23-11-5-6-16(21)15-9-7-14(8-10-15)12-19-17(22)18(2,3)4;1-17(2,3)16(20)18-12-13-7-9-14(10-8-13)15(19)6-5-11-21-4;1-16(2,3)15(20)17-11-12-6-8-13(9-7-12)14(19)5-4-10-18/h7-10H,5-6,11-13H2,1-4H3,(H,20,23);6-9,20H,4-5,10-12H2,1-3H3,(H,19,23);7-10H,5-6,11-12H2,1-4H3,(H,19,22);7-10H,5-6,11-12H2,1-4H3,(H,18,20);6-9,18H,4-5,10-11H2,1-3H3,(H,17,20). The molecule has 0 saturated carbocycles. The molecule has 5 aromatic rings. The maximum atomic E-state index is 12.1. The Morgan fingerprint density at radius 1 is 0.292 bits per heavy atom. The highest BCUT2D eigenvalue weighted by Gasteiger charge is 2.25. The lowest BCUT2D eigenvalue weighted by molar-refractivity contribution is -0.148. The van der Waals surface area contributed by atoms with Gasteiger partial charge in [-0.1, -0.05) is 225 Å². The highest BCUT2D eigenvalue weighted by molar-refractivity contribution is 5.98. The van der Waals surface area contributed by atoms with E-state index in [4.69, 9.17) is 29.2 Å². The van der Waals surface area contributed by atoms with Gasteiger partial charge in [-0.3, -0.25) is 52.7 Å². The molecule has 25 nitrogen and oxygen atoms in total. The Morgan fingerprint density at radius 2 is 0.504 bits per heavy atom. The molecule has 7 N–H and O–H groups in total. The van der Waals surface area contributed by atoms with Crippen LogP contribution in [0.5, 0.6) is 0 Å². The fourth-order valence-corrected chi connectivity index (χ4v) is 9.11. The predicted octanol–water partition coefficient (Wildman–Crippen LogP) is 12.5. The van der Waals surface area contributed by atoms with Crippen molar-refractivity contribution in [2.75, 3.05) is 60.5 Å². The van der Waals surface area contributed by atoms with E-state index in [1.807, 2.05) is 177 Å². The lowest BCUT2D eigenvalue weighted by atomic mass is 9.95. The van der Waals surface area contributed by atoms with Crippen LogP contribution in [0, 0.1) is 27.1 Å². The van der Waals surface area contributed by atoms with Crippen molar-refractivity contribution in [3.8, 4) is 0 Å². The SMILES string of the molecule is CC(=O)OCCCC(=O)c1ccc(CNC(=O)C(C)(C)C)cc1.CC(C)(C)C(=O)NCc1ccc(C(=O)CCCO)cc1.CC(C)(C)C(=O)NCc1ccc(C(=O)CCCOC(=O)CO)cc1.COCC(=O)OCCCC(=O)c1ccc(CNC(=O)C(C)(C)C)cc1.COCCCC(=O)c1ccc(CNC(=O)C(C)(C)C)cc1. The molecule has 0 radical (unpaired) electrons. The van der Waals surface area contributed by atoms with E-state index >= 15 is 0 Å². The minimum atomic E-state index is -0.691. The van der Waals surface area contributed by atoms with Gasteiger partial charge in [-0.05, 0) is 59.9 Å². The minimum Gasteiger partial charge on any atom is -0.466 e. The number of hydrogen-bond acceptors (Lipinski definition) is 20. The van der Waals surface area contributed by atoms with Gasteiger partial charge in [0.05, 0.1) is 19.8 Å². The number of methoxy groups -OCH3 is 2. The maximum absolute atomic E-state index is 12.1. The second-order valence-corrected chi connectivity index (χ2v) is 31.9. The number of hydrogen-bond donors (Lipinski definition) is 7. The van der Waals surface area contributed by atoms with Gasteiger partial charge < -0.3 is 60.5 Å². The van der Waals surface area contributed by atoms with Crippen molar-refractivity contribution in [2.24, 2.45) is 27.1 Å². The third-order valence-electron chi connectivity index (χ3n) is 16.2. The molecule has 0 aromatic heterocycles. The molecule has 0 aliphatic rings. The van der Waals surface area contributed by atoms with Gasteiger partial charge in [0.15, 0.2) is 28.9 Å². The monoisotopic (exact) mass is 1570 g/mol. The fourth-order valence-electron chi connectivity index (χ4n) is 9.11. The molecule has 5 amide bonds. The van der Waals surface area contributed by atoms with Gasteiger partial charge in [-0.25, -0.2) is 9.59 Å². The Bertz CT molecular complexity index is 3800. The third kappa shape index (κ3) is 45.4. The summed E-state index contributed by atoms with van der Waals surface area (Å²) in [6.07, 6.45) is 4.38. The summed E-state index contributed by atoms with van der Waals surface area (Å²) in [4.78, 5) is 151. The van der Waals surface area contributed by atoms with E-state index in [0.717, 1.165) is 34.2 Å². The summed E-state index contributed by atoms with van der Waals surface area (Å²) in [5.74, 6) is -1.38. The summed E-state index contributed by atoms with van der Waals surface area (Å²) in [5.41, 5.74) is 5.82. The summed E-state index contributed by atoms with van der Waals surface area (Å²) >= 11 is 0. The molecule has 0 fully saturated rings.